The third-order valence-electron chi connectivity index (χ3n) is 4.53. The number of benzene rings is 1. The third-order valence-corrected chi connectivity index (χ3v) is 4.53. The monoisotopic (exact) mass is 374 g/mol. The summed E-state index contributed by atoms with van der Waals surface area (Å²) in [5.41, 5.74) is -1.80. The lowest BCUT2D eigenvalue weighted by Crippen LogP contribution is -2.57. The predicted octanol–water partition coefficient (Wildman–Crippen LogP) is 2.62. The minimum Gasteiger partial charge on any atom is -0.379 e. The van der Waals surface area contributed by atoms with Gasteiger partial charge in [0, 0.05) is 44.2 Å². The summed E-state index contributed by atoms with van der Waals surface area (Å²) >= 11 is 0. The van der Waals surface area contributed by atoms with Crippen molar-refractivity contribution in [2.75, 3.05) is 25.0 Å². The van der Waals surface area contributed by atoms with Crippen LogP contribution < -0.4 is 10.6 Å². The molecule has 2 rings (SSSR count). The smallest absolute Gasteiger partial charge is 0.379 e. The first kappa shape index (κ1) is 20.0. The summed E-state index contributed by atoms with van der Waals surface area (Å²) in [5.74, 6) is -0.104. The zero-order valence-electron chi connectivity index (χ0n) is 14.5. The lowest BCUT2D eigenvalue weighted by molar-refractivity contribution is -0.384. The average Bonchev–Trinajstić information content (AvgIpc) is 2.56. The Kier molecular flexibility index (Phi) is 6.06. The van der Waals surface area contributed by atoms with Gasteiger partial charge in [-0.2, -0.15) is 13.2 Å². The summed E-state index contributed by atoms with van der Waals surface area (Å²) < 4.78 is 38.1. The molecule has 1 fully saturated rings. The molecule has 0 saturated carbocycles. The van der Waals surface area contributed by atoms with Crippen LogP contribution in [0.1, 0.15) is 25.8 Å². The first-order valence-corrected chi connectivity index (χ1v) is 8.23. The summed E-state index contributed by atoms with van der Waals surface area (Å²) in [6.07, 6.45) is -4.57. The fraction of sp³-hybridized carbons (Fsp3) is 0.562. The second-order valence-corrected chi connectivity index (χ2v) is 6.23. The molecule has 1 heterocycles. The minimum absolute atomic E-state index is 0.0247. The topological polar surface area (TPSA) is 87.5 Å². The van der Waals surface area contributed by atoms with Gasteiger partial charge in [-0.05, 0) is 26.0 Å². The Hall–Kier alpha value is -2.36. The molecule has 0 aromatic heterocycles. The van der Waals surface area contributed by atoms with Crippen molar-refractivity contribution in [3.63, 3.8) is 0 Å². The number of nitro benzene ring substituents is 1. The molecule has 7 nitrogen and oxygen atoms in total. The summed E-state index contributed by atoms with van der Waals surface area (Å²) in [6, 6.07) is 2.47. The van der Waals surface area contributed by atoms with E-state index in [2.05, 4.69) is 10.6 Å². The molecule has 0 spiro atoms. The van der Waals surface area contributed by atoms with E-state index in [1.54, 1.807) is 4.90 Å². The quantitative estimate of drug-likeness (QED) is 0.611. The molecule has 2 atom stereocenters. The van der Waals surface area contributed by atoms with Gasteiger partial charge in [-0.1, -0.05) is 0 Å². The first-order valence-electron chi connectivity index (χ1n) is 8.23. The Bertz CT molecular complexity index is 681. The molecule has 0 radical (unpaired) electrons. The Labute approximate surface area is 148 Å². The van der Waals surface area contributed by atoms with E-state index in [9.17, 15) is 28.1 Å². The van der Waals surface area contributed by atoms with Crippen molar-refractivity contribution >= 4 is 17.3 Å². The largest absolute Gasteiger partial charge is 0.416 e. The number of amides is 1. The number of hydrogen-bond donors (Lipinski definition) is 2. The van der Waals surface area contributed by atoms with Crippen LogP contribution in [0.3, 0.4) is 0 Å². The van der Waals surface area contributed by atoms with Gasteiger partial charge in [0.05, 0.1) is 10.5 Å². The van der Waals surface area contributed by atoms with E-state index in [-0.39, 0.29) is 36.6 Å². The highest BCUT2D eigenvalue weighted by Crippen LogP contribution is 2.34. The van der Waals surface area contributed by atoms with Gasteiger partial charge in [-0.25, -0.2) is 0 Å². The number of anilines is 1. The number of nitro groups is 1. The molecule has 1 aliphatic heterocycles. The van der Waals surface area contributed by atoms with Crippen molar-refractivity contribution in [3.8, 4) is 0 Å². The predicted molar refractivity (Wildman–Crippen MR) is 89.8 cm³/mol. The van der Waals surface area contributed by atoms with Crippen molar-refractivity contribution in [2.45, 2.75) is 38.5 Å². The molecule has 26 heavy (non-hydrogen) atoms. The molecule has 10 heteroatoms. The van der Waals surface area contributed by atoms with Gasteiger partial charge >= 0.3 is 6.18 Å². The summed E-state index contributed by atoms with van der Waals surface area (Å²) in [6.45, 7) is 5.27. The van der Waals surface area contributed by atoms with Crippen molar-refractivity contribution in [3.05, 3.63) is 33.9 Å². The van der Waals surface area contributed by atoms with Crippen LogP contribution in [0.4, 0.5) is 24.5 Å². The van der Waals surface area contributed by atoms with E-state index in [1.807, 2.05) is 13.8 Å². The highest BCUT2D eigenvalue weighted by molar-refractivity contribution is 5.77. The van der Waals surface area contributed by atoms with E-state index in [0.717, 1.165) is 12.1 Å². The van der Waals surface area contributed by atoms with E-state index < -0.39 is 22.4 Å². The molecular formula is C16H21F3N4O3. The van der Waals surface area contributed by atoms with Crippen molar-refractivity contribution < 1.29 is 22.9 Å². The second kappa shape index (κ2) is 7.90. The number of hydrogen-bond acceptors (Lipinski definition) is 5. The van der Waals surface area contributed by atoms with E-state index in [1.165, 1.54) is 0 Å². The maximum Gasteiger partial charge on any atom is 0.416 e. The first-order chi connectivity index (χ1) is 12.1. The lowest BCUT2D eigenvalue weighted by Gasteiger charge is -2.38. The molecule has 1 amide bonds. The zero-order chi connectivity index (χ0) is 19.5. The maximum absolute atomic E-state index is 12.7. The van der Waals surface area contributed by atoms with Crippen LogP contribution in [0.25, 0.3) is 0 Å². The molecule has 1 aromatic rings. The fourth-order valence-corrected chi connectivity index (χ4v) is 2.86. The van der Waals surface area contributed by atoms with Crippen molar-refractivity contribution in [1.82, 2.24) is 10.2 Å². The number of nitrogens with one attached hydrogen (secondary N) is 2. The number of carbonyl (C=O) groups is 1. The van der Waals surface area contributed by atoms with Crippen LogP contribution in [-0.2, 0) is 11.0 Å². The number of alkyl halides is 3. The van der Waals surface area contributed by atoms with Gasteiger partial charge in [0.25, 0.3) is 5.69 Å². The second-order valence-electron chi connectivity index (χ2n) is 6.23. The highest BCUT2D eigenvalue weighted by atomic mass is 19.4. The SMILES string of the molecule is CC1NCCN(C(=O)CCNc2ccc(C(F)(F)F)cc2[N+](=O)[O-])C1C. The van der Waals surface area contributed by atoms with Gasteiger partial charge < -0.3 is 15.5 Å². The van der Waals surface area contributed by atoms with Crippen LogP contribution in [0, 0.1) is 10.1 Å². The van der Waals surface area contributed by atoms with E-state index in [4.69, 9.17) is 0 Å². The molecule has 0 aliphatic carbocycles. The van der Waals surface area contributed by atoms with Gasteiger partial charge in [0.15, 0.2) is 0 Å². The van der Waals surface area contributed by atoms with Crippen LogP contribution >= 0.6 is 0 Å². The van der Waals surface area contributed by atoms with E-state index >= 15 is 0 Å². The molecule has 1 saturated heterocycles. The molecule has 2 N–H and O–H groups in total. The number of nitrogens with zero attached hydrogens (tertiary/aromatic N) is 2. The molecule has 1 aliphatic rings. The standard InChI is InChI=1S/C16H21F3N4O3/c1-10-11(2)22(8-7-20-10)15(24)5-6-21-13-4-3-12(16(17,18)19)9-14(13)23(25)26/h3-4,9-11,20-21H,5-8H2,1-2H3. The Morgan fingerprint density at radius 3 is 2.73 bits per heavy atom. The van der Waals surface area contributed by atoms with Crippen molar-refractivity contribution in [1.29, 1.82) is 0 Å². The Morgan fingerprint density at radius 2 is 2.12 bits per heavy atom. The summed E-state index contributed by atoms with van der Waals surface area (Å²) in [4.78, 5) is 24.2. The minimum atomic E-state index is -4.66. The third kappa shape index (κ3) is 4.63. The van der Waals surface area contributed by atoms with Crippen molar-refractivity contribution in [2.24, 2.45) is 0 Å². The molecular weight excluding hydrogens is 353 g/mol. The number of rotatable bonds is 5. The van der Waals surface area contributed by atoms with Crippen LogP contribution in [0.15, 0.2) is 18.2 Å². The van der Waals surface area contributed by atoms with Gasteiger partial charge in [0.1, 0.15) is 5.69 Å². The number of piperazine rings is 1. The zero-order valence-corrected chi connectivity index (χ0v) is 14.5. The molecule has 144 valence electrons. The summed E-state index contributed by atoms with van der Waals surface area (Å²) in [5, 5.41) is 17.0. The van der Waals surface area contributed by atoms with Crippen LogP contribution in [-0.4, -0.2) is 47.4 Å². The molecule has 2 unspecified atom stereocenters. The Balaban J connectivity index is 2.01. The van der Waals surface area contributed by atoms with Gasteiger partial charge in [-0.15, -0.1) is 0 Å². The highest BCUT2D eigenvalue weighted by Gasteiger charge is 2.33. The Morgan fingerprint density at radius 1 is 1.42 bits per heavy atom. The normalized spacial score (nSPS) is 20.7. The lowest BCUT2D eigenvalue weighted by atomic mass is 10.1. The van der Waals surface area contributed by atoms with Crippen LogP contribution in [0.5, 0.6) is 0 Å². The fourth-order valence-electron chi connectivity index (χ4n) is 2.86. The maximum atomic E-state index is 12.7. The van der Waals surface area contributed by atoms with Gasteiger partial charge in [-0.3, -0.25) is 14.9 Å². The molecule has 1 aromatic carbocycles. The number of carbonyl (C=O) groups excluding carboxylic acids is 1. The average molecular weight is 374 g/mol. The number of halogens is 3. The van der Waals surface area contributed by atoms with E-state index in [0.29, 0.717) is 19.2 Å². The molecule has 0 bridgehead atoms. The van der Waals surface area contributed by atoms with Gasteiger partial charge in [0.2, 0.25) is 5.91 Å². The van der Waals surface area contributed by atoms with Crippen LogP contribution in [0.2, 0.25) is 0 Å². The summed E-state index contributed by atoms with van der Waals surface area (Å²) in [7, 11) is 0.